The van der Waals surface area contributed by atoms with E-state index in [9.17, 15) is 18.4 Å². The van der Waals surface area contributed by atoms with Crippen LogP contribution < -0.4 is 31.6 Å². The molecule has 2 aliphatic carbocycles. The Morgan fingerprint density at radius 2 is 1.23 bits per heavy atom. The first kappa shape index (κ1) is 50.5. The van der Waals surface area contributed by atoms with Gasteiger partial charge in [0.25, 0.3) is 11.1 Å². The molecular weight excluding hydrogens is 862 g/mol. The third-order valence-corrected chi connectivity index (χ3v) is 14.3. The molecule has 8 rings (SSSR count). The van der Waals surface area contributed by atoms with Crippen LogP contribution in [0.2, 0.25) is 25.7 Å². The Labute approximate surface area is 394 Å². The highest BCUT2D eigenvalue weighted by Gasteiger charge is 2.38. The highest BCUT2D eigenvalue weighted by molar-refractivity contribution is 6.76. The van der Waals surface area contributed by atoms with Gasteiger partial charge in [0.15, 0.2) is 11.6 Å². The number of aromatic amines is 1. The largest absolute Gasteiger partial charge is 0.361 e. The van der Waals surface area contributed by atoms with Crippen LogP contribution in [-0.2, 0) is 24.3 Å². The minimum atomic E-state index is -1.17. The molecule has 2 aromatic carbocycles. The van der Waals surface area contributed by atoms with Crippen LogP contribution >= 0.6 is 12.4 Å². The number of ether oxygens (including phenoxy) is 1. The van der Waals surface area contributed by atoms with Gasteiger partial charge in [-0.2, -0.15) is 0 Å². The summed E-state index contributed by atoms with van der Waals surface area (Å²) in [6.45, 7) is 15.7. The van der Waals surface area contributed by atoms with Gasteiger partial charge in [0.1, 0.15) is 18.4 Å². The van der Waals surface area contributed by atoms with Crippen molar-refractivity contribution in [3.63, 3.8) is 0 Å². The molecule has 4 heterocycles. The van der Waals surface area contributed by atoms with Gasteiger partial charge in [0.05, 0.1) is 11.4 Å². The third kappa shape index (κ3) is 16.4. The number of H-pyrrole nitrogens is 1. The van der Waals surface area contributed by atoms with Gasteiger partial charge >= 0.3 is 0 Å². The zero-order valence-corrected chi connectivity index (χ0v) is 41.1. The molecule has 2 aliphatic heterocycles. The number of anilines is 2. The average molecular weight is 939 g/mol. The summed E-state index contributed by atoms with van der Waals surface area (Å²) >= 11 is 0. The van der Waals surface area contributed by atoms with Crippen molar-refractivity contribution in [3.8, 4) is 0 Å². The maximum Gasteiger partial charge on any atom is 0.295 e. The van der Waals surface area contributed by atoms with E-state index in [0.29, 0.717) is 55.8 Å². The van der Waals surface area contributed by atoms with Crippen LogP contribution in [0, 0.1) is 11.6 Å². The van der Waals surface area contributed by atoms with Crippen LogP contribution in [-0.4, -0.2) is 85.6 Å². The number of benzene rings is 2. The van der Waals surface area contributed by atoms with Gasteiger partial charge in [0, 0.05) is 78.5 Å². The first-order valence-electron chi connectivity index (χ1n) is 24.7. The predicted octanol–water partition coefficient (Wildman–Crippen LogP) is 9.19. The number of aromatic nitrogens is 4. The molecule has 2 saturated heterocycles. The van der Waals surface area contributed by atoms with Crippen molar-refractivity contribution in [1.82, 2.24) is 30.2 Å². The molecule has 15 heteroatoms. The Morgan fingerprint density at radius 3 is 1.74 bits per heavy atom. The maximum atomic E-state index is 13.2. The van der Waals surface area contributed by atoms with Gasteiger partial charge in [0.2, 0.25) is 0 Å². The van der Waals surface area contributed by atoms with Gasteiger partial charge < -0.3 is 30.2 Å². The zero-order valence-electron chi connectivity index (χ0n) is 40.3. The van der Waals surface area contributed by atoms with Crippen molar-refractivity contribution in [2.75, 3.05) is 55.7 Å². The zero-order chi connectivity index (χ0) is 46.2. The molecule has 0 radical (unpaired) electrons. The predicted molar refractivity (Wildman–Crippen MR) is 266 cm³/mol. The molecule has 358 valence electrons. The van der Waals surface area contributed by atoms with E-state index in [2.05, 4.69) is 50.0 Å². The van der Waals surface area contributed by atoms with E-state index in [0.717, 1.165) is 121 Å². The smallest absolute Gasteiger partial charge is 0.295 e. The highest BCUT2D eigenvalue weighted by Crippen LogP contribution is 2.41. The lowest BCUT2D eigenvalue weighted by atomic mass is 10.1. The summed E-state index contributed by atoms with van der Waals surface area (Å²) in [6.07, 6.45) is 16.4. The number of halogens is 3. The molecule has 2 saturated carbocycles. The van der Waals surface area contributed by atoms with Gasteiger partial charge in [-0.3, -0.25) is 14.2 Å². The summed E-state index contributed by atoms with van der Waals surface area (Å²) in [5.41, 5.74) is 4.19. The van der Waals surface area contributed by atoms with E-state index in [-0.39, 0.29) is 35.2 Å². The number of piperidine rings is 2. The second-order valence-corrected chi connectivity index (χ2v) is 24.6. The van der Waals surface area contributed by atoms with Crippen LogP contribution in [0.4, 0.5) is 20.4 Å². The number of aryl methyl sites for hydroxylation is 2. The number of hydrogen-bond donors (Lipinski definition) is 3. The summed E-state index contributed by atoms with van der Waals surface area (Å²) < 4.78 is 40.0. The van der Waals surface area contributed by atoms with Crippen LogP contribution in [0.1, 0.15) is 114 Å². The fourth-order valence-corrected chi connectivity index (χ4v) is 9.40. The molecule has 4 atom stereocenters. The van der Waals surface area contributed by atoms with Crippen molar-refractivity contribution < 1.29 is 14.9 Å². The van der Waals surface area contributed by atoms with Crippen LogP contribution in [0.3, 0.4) is 0 Å². The first-order valence-corrected chi connectivity index (χ1v) is 27.7. The van der Waals surface area contributed by atoms with Crippen molar-refractivity contribution in [3.05, 3.63) is 116 Å². The summed E-state index contributed by atoms with van der Waals surface area (Å²) in [7, 11) is -1.17. The first-order chi connectivity index (χ1) is 31.4. The molecule has 0 bridgehead atoms. The van der Waals surface area contributed by atoms with Crippen LogP contribution in [0.5, 0.6) is 0 Å². The minimum Gasteiger partial charge on any atom is -0.361 e. The molecule has 0 amide bonds. The lowest BCUT2D eigenvalue weighted by Gasteiger charge is -2.28. The number of nitrogens with one attached hydrogen (secondary N) is 3. The third-order valence-electron chi connectivity index (χ3n) is 12.6. The number of rotatable bonds is 19. The van der Waals surface area contributed by atoms with Crippen LogP contribution in [0.15, 0.2) is 70.5 Å². The molecule has 0 unspecified atom stereocenters. The molecule has 4 aliphatic rings. The molecular formula is C50H75ClF2N8O3Si. The Bertz CT molecular complexity index is 2170. The van der Waals surface area contributed by atoms with Crippen LogP contribution in [0.25, 0.3) is 0 Å². The second-order valence-electron chi connectivity index (χ2n) is 18.9. The Morgan fingerprint density at radius 1 is 0.754 bits per heavy atom. The van der Waals surface area contributed by atoms with E-state index in [4.69, 9.17) is 11.1 Å². The molecule has 0 spiro atoms. The normalized spacial score (nSPS) is 20.4. The average Bonchev–Trinajstić information content (AvgIpc) is 4.25. The van der Waals surface area contributed by atoms with Crippen molar-refractivity contribution >= 4 is 32.1 Å². The Hall–Kier alpha value is -3.95. The highest BCUT2D eigenvalue weighted by atomic mass is 35.5. The van der Waals surface area contributed by atoms with E-state index >= 15 is 0 Å². The molecule has 4 fully saturated rings. The number of hydrogen-bond acceptors (Lipinski definition) is 9. The standard InChI is InChI=1S/C27H41FN4O2Si.C21H27FN4O.C2H6.ClH/c1-35(2,3)17-16-34-20-32-19-23(30-26(27(32)33)31-14-5-4-6-15-31)8-7-13-29-25-18-24(25)21-9-11-22(28)12-10-21;22-16-8-6-15(7-9-16)18-13-19(18)23-10-4-5-17-14-24-21(27)20(25-17)26-11-2-1-3-12-26;1-2;/h9-12,19,24-25,29H,4-8,13-18,20H2,1-3H3;6-9,14,18-19,23H,1-5,10-13H2,(H,24,27);1-2H3;1H/t24-,25+;18-,19+;;/m00../s1/i;;1D;. The minimum absolute atomic E-state index is 0. The van der Waals surface area contributed by atoms with Crippen molar-refractivity contribution in [2.45, 2.75) is 147 Å². The quantitative estimate of drug-likeness (QED) is 0.0625. The molecule has 2 aromatic heterocycles. The van der Waals surface area contributed by atoms with E-state index in [1.807, 2.05) is 30.5 Å². The summed E-state index contributed by atoms with van der Waals surface area (Å²) in [5, 5.41) is 7.20. The topological polar surface area (TPSA) is 120 Å². The van der Waals surface area contributed by atoms with E-state index in [1.165, 1.54) is 36.1 Å². The summed E-state index contributed by atoms with van der Waals surface area (Å²) in [5.74, 6) is 1.79. The molecule has 4 aromatic rings. The lowest BCUT2D eigenvalue weighted by Crippen LogP contribution is -2.37. The Balaban J connectivity index is 0.000000236. The van der Waals surface area contributed by atoms with Crippen molar-refractivity contribution in [1.29, 1.82) is 0 Å². The number of nitrogens with zero attached hydrogens (tertiary/aromatic N) is 5. The monoisotopic (exact) mass is 938 g/mol. The van der Waals surface area contributed by atoms with E-state index in [1.54, 1.807) is 29.8 Å². The lowest BCUT2D eigenvalue weighted by molar-refractivity contribution is 0.0844. The van der Waals surface area contributed by atoms with Gasteiger partial charge in [-0.05, 0) is 132 Å². The molecule has 11 nitrogen and oxygen atoms in total. The summed E-state index contributed by atoms with van der Waals surface area (Å²) in [6, 6.07) is 15.7. The Kier molecular flexibility index (Phi) is 20.0. The SMILES string of the molecule is C[Si](C)(C)CCOCn1cc(CCCN[C@@H]2C[C@H]2c2ccc(F)cc2)nc(N2CCCCC2)c1=O.Cl.O=c1[nH]cc(CCCN[C@@H]2C[C@H]2c2ccc(F)cc2)nc1N1CCCCC1.[2H]CC. The second kappa shape index (κ2) is 25.8. The van der Waals surface area contributed by atoms with Gasteiger partial charge in [-0.25, -0.2) is 18.7 Å². The van der Waals surface area contributed by atoms with E-state index < -0.39 is 8.07 Å². The summed E-state index contributed by atoms with van der Waals surface area (Å²) in [4.78, 5) is 41.8. The molecule has 65 heavy (non-hydrogen) atoms. The fraction of sp³-hybridized carbons (Fsp3) is 0.600. The maximum absolute atomic E-state index is 13.2. The fourth-order valence-electron chi connectivity index (χ4n) is 8.64. The van der Waals surface area contributed by atoms with Gasteiger partial charge in [-0.1, -0.05) is 57.7 Å². The molecule has 3 N–H and O–H groups in total. The van der Waals surface area contributed by atoms with Crippen molar-refractivity contribution in [2.24, 2.45) is 0 Å². The van der Waals surface area contributed by atoms with Gasteiger partial charge in [-0.15, -0.1) is 12.4 Å².